The molecular formula is C19H16N4O4. The standard InChI is InChI=1S/C19H16N4O4/c1-11-16(18(24)27-2)17(12-7-9-13(10-8-12)23(25)26)22-15-6-4-3-5-14(15)21-19(22)20-11/h3-10,17H,1-2H3,(H,20,21)/t17-/m0/s1. The minimum Gasteiger partial charge on any atom is -0.466 e. The summed E-state index contributed by atoms with van der Waals surface area (Å²) in [6.07, 6.45) is 0. The van der Waals surface area contributed by atoms with E-state index in [2.05, 4.69) is 10.3 Å². The average molecular weight is 364 g/mol. The van der Waals surface area contributed by atoms with E-state index in [9.17, 15) is 14.9 Å². The number of esters is 1. The van der Waals surface area contributed by atoms with Crippen molar-refractivity contribution in [2.75, 3.05) is 12.4 Å². The van der Waals surface area contributed by atoms with E-state index in [1.165, 1.54) is 19.2 Å². The summed E-state index contributed by atoms with van der Waals surface area (Å²) in [5.74, 6) is 0.136. The Morgan fingerprint density at radius 2 is 1.93 bits per heavy atom. The molecule has 0 saturated heterocycles. The molecule has 136 valence electrons. The van der Waals surface area contributed by atoms with Crippen molar-refractivity contribution in [3.8, 4) is 0 Å². The number of nitrogens with zero attached hydrogens (tertiary/aromatic N) is 3. The van der Waals surface area contributed by atoms with Crippen LogP contribution >= 0.6 is 0 Å². The highest BCUT2D eigenvalue weighted by Gasteiger charge is 2.34. The molecule has 2 aromatic carbocycles. The number of nitro benzene ring substituents is 1. The predicted octanol–water partition coefficient (Wildman–Crippen LogP) is 3.41. The van der Waals surface area contributed by atoms with E-state index in [1.807, 2.05) is 28.8 Å². The Balaban J connectivity index is 1.97. The zero-order valence-electron chi connectivity index (χ0n) is 14.7. The first-order valence-corrected chi connectivity index (χ1v) is 8.28. The molecule has 1 atom stereocenters. The van der Waals surface area contributed by atoms with Gasteiger partial charge in [-0.05, 0) is 36.8 Å². The molecule has 0 unspecified atom stereocenters. The summed E-state index contributed by atoms with van der Waals surface area (Å²) in [5.41, 5.74) is 3.41. The lowest BCUT2D eigenvalue weighted by Crippen LogP contribution is -2.28. The fraction of sp³-hybridized carbons (Fsp3) is 0.158. The molecule has 0 bridgehead atoms. The number of carbonyl (C=O) groups is 1. The lowest BCUT2D eigenvalue weighted by atomic mass is 9.95. The number of hydrogen-bond acceptors (Lipinski definition) is 6. The van der Waals surface area contributed by atoms with E-state index in [4.69, 9.17) is 4.74 Å². The van der Waals surface area contributed by atoms with Gasteiger partial charge in [0.25, 0.3) is 5.69 Å². The molecule has 1 aliphatic heterocycles. The molecule has 0 spiro atoms. The molecule has 0 radical (unpaired) electrons. The number of para-hydroxylation sites is 2. The van der Waals surface area contributed by atoms with E-state index < -0.39 is 16.9 Å². The van der Waals surface area contributed by atoms with Gasteiger partial charge in [0.1, 0.15) is 0 Å². The Hall–Kier alpha value is -3.68. The summed E-state index contributed by atoms with van der Waals surface area (Å²) in [5, 5.41) is 14.2. The maximum absolute atomic E-state index is 12.5. The molecule has 8 nitrogen and oxygen atoms in total. The third kappa shape index (κ3) is 2.62. The van der Waals surface area contributed by atoms with Gasteiger partial charge in [-0.3, -0.25) is 14.7 Å². The molecule has 3 aromatic rings. The molecule has 4 rings (SSSR count). The third-order valence-electron chi connectivity index (χ3n) is 4.66. The third-order valence-corrected chi connectivity index (χ3v) is 4.66. The second kappa shape index (κ2) is 6.24. The Morgan fingerprint density at radius 3 is 2.59 bits per heavy atom. The number of methoxy groups -OCH3 is 1. The SMILES string of the molecule is COC(=O)C1=C(C)Nc2nc3ccccc3n2[C@H]1c1ccc([N+](=O)[O-])cc1. The average Bonchev–Trinajstić information content (AvgIpc) is 3.04. The van der Waals surface area contributed by atoms with E-state index in [0.29, 0.717) is 17.2 Å². The molecule has 1 aromatic heterocycles. The van der Waals surface area contributed by atoms with Crippen molar-refractivity contribution in [3.05, 3.63) is 75.5 Å². The van der Waals surface area contributed by atoms with Gasteiger partial charge in [0.05, 0.1) is 34.7 Å². The Labute approximate surface area is 154 Å². The molecule has 2 heterocycles. The number of carbonyl (C=O) groups excluding carboxylic acids is 1. The topological polar surface area (TPSA) is 99.3 Å². The molecule has 0 aliphatic carbocycles. The van der Waals surface area contributed by atoms with E-state index in [1.54, 1.807) is 19.1 Å². The first-order valence-electron chi connectivity index (χ1n) is 8.28. The van der Waals surface area contributed by atoms with Crippen molar-refractivity contribution >= 4 is 28.6 Å². The molecule has 0 amide bonds. The van der Waals surface area contributed by atoms with Gasteiger partial charge < -0.3 is 10.1 Å². The van der Waals surface area contributed by atoms with Gasteiger partial charge in [0, 0.05) is 17.8 Å². The van der Waals surface area contributed by atoms with Gasteiger partial charge in [-0.15, -0.1) is 0 Å². The summed E-state index contributed by atoms with van der Waals surface area (Å²) < 4.78 is 6.91. The largest absolute Gasteiger partial charge is 0.466 e. The van der Waals surface area contributed by atoms with Gasteiger partial charge in [-0.2, -0.15) is 0 Å². The highest BCUT2D eigenvalue weighted by atomic mass is 16.6. The maximum Gasteiger partial charge on any atom is 0.337 e. The number of anilines is 1. The minimum absolute atomic E-state index is 0.0104. The summed E-state index contributed by atoms with van der Waals surface area (Å²) in [6.45, 7) is 1.79. The predicted molar refractivity (Wildman–Crippen MR) is 99.3 cm³/mol. The maximum atomic E-state index is 12.5. The number of allylic oxidation sites excluding steroid dienone is 1. The second-order valence-corrected chi connectivity index (χ2v) is 6.20. The summed E-state index contributed by atoms with van der Waals surface area (Å²) >= 11 is 0. The van der Waals surface area contributed by atoms with Crippen molar-refractivity contribution in [2.45, 2.75) is 13.0 Å². The minimum atomic E-state index is -0.512. The van der Waals surface area contributed by atoms with Gasteiger partial charge in [-0.25, -0.2) is 9.78 Å². The molecule has 1 aliphatic rings. The quantitative estimate of drug-likeness (QED) is 0.434. The highest BCUT2D eigenvalue weighted by Crippen LogP contribution is 2.39. The smallest absolute Gasteiger partial charge is 0.337 e. The Bertz CT molecular complexity index is 1100. The van der Waals surface area contributed by atoms with Crippen LogP contribution in [0.15, 0.2) is 59.8 Å². The Kier molecular flexibility index (Phi) is 3.88. The van der Waals surface area contributed by atoms with Crippen molar-refractivity contribution in [1.29, 1.82) is 0 Å². The van der Waals surface area contributed by atoms with Crippen LogP contribution in [0.5, 0.6) is 0 Å². The van der Waals surface area contributed by atoms with Crippen molar-refractivity contribution in [3.63, 3.8) is 0 Å². The number of non-ortho nitro benzene ring substituents is 1. The molecule has 0 fully saturated rings. The van der Waals surface area contributed by atoms with Crippen molar-refractivity contribution < 1.29 is 14.5 Å². The highest BCUT2D eigenvalue weighted by molar-refractivity contribution is 5.94. The van der Waals surface area contributed by atoms with Crippen molar-refractivity contribution in [2.24, 2.45) is 0 Å². The number of nitrogens with one attached hydrogen (secondary N) is 1. The number of aromatic nitrogens is 2. The van der Waals surface area contributed by atoms with Gasteiger partial charge in [-0.1, -0.05) is 12.1 Å². The molecule has 0 saturated carbocycles. The number of rotatable bonds is 3. The van der Waals surface area contributed by atoms with Crippen LogP contribution in [-0.4, -0.2) is 27.6 Å². The molecule has 1 N–H and O–H groups in total. The normalized spacial score (nSPS) is 16.0. The number of fused-ring (bicyclic) bond motifs is 3. The van der Waals surface area contributed by atoms with Crippen LogP contribution in [0, 0.1) is 10.1 Å². The van der Waals surface area contributed by atoms with Crippen LogP contribution in [0.4, 0.5) is 11.6 Å². The number of nitro groups is 1. The van der Waals surface area contributed by atoms with Crippen molar-refractivity contribution in [1.82, 2.24) is 9.55 Å². The Morgan fingerprint density at radius 1 is 1.22 bits per heavy atom. The van der Waals surface area contributed by atoms with E-state index >= 15 is 0 Å². The van der Waals surface area contributed by atoms with Crippen LogP contribution in [0.25, 0.3) is 11.0 Å². The van der Waals surface area contributed by atoms with E-state index in [-0.39, 0.29) is 5.69 Å². The molecular weight excluding hydrogens is 348 g/mol. The number of benzene rings is 2. The van der Waals surface area contributed by atoms with Gasteiger partial charge in [0.2, 0.25) is 5.95 Å². The lowest BCUT2D eigenvalue weighted by molar-refractivity contribution is -0.384. The van der Waals surface area contributed by atoms with E-state index in [0.717, 1.165) is 16.6 Å². The summed E-state index contributed by atoms with van der Waals surface area (Å²) in [6, 6.07) is 13.3. The van der Waals surface area contributed by atoms with Crippen LogP contribution in [0.3, 0.4) is 0 Å². The summed E-state index contributed by atoms with van der Waals surface area (Å²) in [7, 11) is 1.33. The van der Waals surface area contributed by atoms with Gasteiger partial charge in [0.15, 0.2) is 0 Å². The first kappa shape index (κ1) is 16.8. The van der Waals surface area contributed by atoms with Crippen LogP contribution < -0.4 is 5.32 Å². The lowest BCUT2D eigenvalue weighted by Gasteiger charge is -2.29. The van der Waals surface area contributed by atoms with Crippen LogP contribution in [0.1, 0.15) is 18.5 Å². The molecule has 8 heteroatoms. The monoisotopic (exact) mass is 364 g/mol. The molecule has 27 heavy (non-hydrogen) atoms. The second-order valence-electron chi connectivity index (χ2n) is 6.20. The summed E-state index contributed by atoms with van der Waals surface area (Å²) in [4.78, 5) is 27.7. The number of hydrogen-bond donors (Lipinski definition) is 1. The number of ether oxygens (including phenoxy) is 1. The van der Waals surface area contributed by atoms with Crippen LogP contribution in [0.2, 0.25) is 0 Å². The fourth-order valence-corrected chi connectivity index (χ4v) is 3.43. The zero-order chi connectivity index (χ0) is 19.1. The van der Waals surface area contributed by atoms with Crippen LogP contribution in [-0.2, 0) is 9.53 Å². The number of imidazole rings is 1. The fourth-order valence-electron chi connectivity index (χ4n) is 3.43. The first-order chi connectivity index (χ1) is 13.0. The van der Waals surface area contributed by atoms with Gasteiger partial charge >= 0.3 is 5.97 Å². The zero-order valence-corrected chi connectivity index (χ0v) is 14.7.